The Balaban J connectivity index is 2.02. The number of carbonyl (C=O) groups is 1. The van der Waals surface area contributed by atoms with Crippen molar-refractivity contribution in [3.8, 4) is 18.0 Å². The number of hydrogen-bond acceptors (Lipinski definition) is 3. The number of unbranched alkanes of at least 4 members (excludes halogenated alkanes) is 1. The Hall–Kier alpha value is -2.74. The Labute approximate surface area is 117 Å². The average molecular weight is 268 g/mol. The summed E-state index contributed by atoms with van der Waals surface area (Å²) in [4.78, 5) is 11.9. The SMILES string of the molecule is C#CCCCNC(=O)c1ccn(-c2cccc(N)c2)n1. The molecule has 0 atom stereocenters. The highest BCUT2D eigenvalue weighted by atomic mass is 16.1. The van der Waals surface area contributed by atoms with Crippen molar-refractivity contribution in [3.63, 3.8) is 0 Å². The van der Waals surface area contributed by atoms with E-state index in [4.69, 9.17) is 12.2 Å². The average Bonchev–Trinajstić information content (AvgIpc) is 2.93. The van der Waals surface area contributed by atoms with Crippen LogP contribution in [0.3, 0.4) is 0 Å². The van der Waals surface area contributed by atoms with Gasteiger partial charge < -0.3 is 11.1 Å². The van der Waals surface area contributed by atoms with Gasteiger partial charge >= 0.3 is 0 Å². The van der Waals surface area contributed by atoms with Crippen molar-refractivity contribution in [2.45, 2.75) is 12.8 Å². The van der Waals surface area contributed by atoms with Crippen LogP contribution < -0.4 is 11.1 Å². The van der Waals surface area contributed by atoms with Gasteiger partial charge in [-0.25, -0.2) is 4.68 Å². The summed E-state index contributed by atoms with van der Waals surface area (Å²) >= 11 is 0. The van der Waals surface area contributed by atoms with E-state index >= 15 is 0 Å². The molecular weight excluding hydrogens is 252 g/mol. The van der Waals surface area contributed by atoms with Crippen LogP contribution in [0.4, 0.5) is 5.69 Å². The van der Waals surface area contributed by atoms with Crippen LogP contribution in [0.15, 0.2) is 36.5 Å². The second-order valence-corrected chi connectivity index (χ2v) is 4.30. The van der Waals surface area contributed by atoms with E-state index in [0.29, 0.717) is 24.3 Å². The zero-order valence-electron chi connectivity index (χ0n) is 11.0. The van der Waals surface area contributed by atoms with Crippen molar-refractivity contribution in [2.24, 2.45) is 0 Å². The third kappa shape index (κ3) is 3.39. The fourth-order valence-corrected chi connectivity index (χ4v) is 1.74. The summed E-state index contributed by atoms with van der Waals surface area (Å²) in [5, 5.41) is 7.00. The van der Waals surface area contributed by atoms with Gasteiger partial charge in [0, 0.05) is 24.8 Å². The molecule has 20 heavy (non-hydrogen) atoms. The summed E-state index contributed by atoms with van der Waals surface area (Å²) in [7, 11) is 0. The smallest absolute Gasteiger partial charge is 0.271 e. The largest absolute Gasteiger partial charge is 0.399 e. The fourth-order valence-electron chi connectivity index (χ4n) is 1.74. The maximum atomic E-state index is 11.9. The van der Waals surface area contributed by atoms with Crippen molar-refractivity contribution < 1.29 is 4.79 Å². The lowest BCUT2D eigenvalue weighted by atomic mass is 10.3. The number of rotatable bonds is 5. The summed E-state index contributed by atoms with van der Waals surface area (Å²) in [6.07, 6.45) is 8.29. The first-order valence-electron chi connectivity index (χ1n) is 6.34. The Morgan fingerprint density at radius 3 is 3.05 bits per heavy atom. The molecule has 0 aliphatic heterocycles. The van der Waals surface area contributed by atoms with Gasteiger partial charge in [-0.2, -0.15) is 5.10 Å². The number of hydrogen-bond donors (Lipinski definition) is 2. The molecule has 1 amide bonds. The molecule has 0 aliphatic carbocycles. The van der Waals surface area contributed by atoms with Gasteiger partial charge in [-0.3, -0.25) is 4.79 Å². The topological polar surface area (TPSA) is 72.9 Å². The Kier molecular flexibility index (Phi) is 4.40. The van der Waals surface area contributed by atoms with Gasteiger partial charge in [0.05, 0.1) is 5.69 Å². The van der Waals surface area contributed by atoms with E-state index in [0.717, 1.165) is 12.1 Å². The molecule has 2 aromatic rings. The van der Waals surface area contributed by atoms with Gasteiger partial charge in [-0.15, -0.1) is 12.3 Å². The predicted octanol–water partition coefficient (Wildman–Crippen LogP) is 1.60. The highest BCUT2D eigenvalue weighted by molar-refractivity contribution is 5.92. The Morgan fingerprint density at radius 2 is 2.30 bits per heavy atom. The quantitative estimate of drug-likeness (QED) is 0.491. The fraction of sp³-hybridized carbons (Fsp3) is 0.200. The molecule has 102 valence electrons. The molecule has 0 saturated heterocycles. The standard InChI is InChI=1S/C15H16N4O/c1-2-3-4-9-17-15(20)14-8-10-19(18-14)13-7-5-6-12(16)11-13/h1,5-8,10-11H,3-4,9,16H2,(H,17,20). The van der Waals surface area contributed by atoms with Gasteiger partial charge in [0.2, 0.25) is 0 Å². The third-order valence-corrected chi connectivity index (χ3v) is 2.74. The molecule has 1 aromatic heterocycles. The molecule has 0 radical (unpaired) electrons. The molecule has 0 unspecified atom stereocenters. The number of terminal acetylenes is 1. The molecule has 1 heterocycles. The highest BCUT2D eigenvalue weighted by Crippen LogP contribution is 2.11. The summed E-state index contributed by atoms with van der Waals surface area (Å²) < 4.78 is 1.62. The predicted molar refractivity (Wildman–Crippen MR) is 78.4 cm³/mol. The van der Waals surface area contributed by atoms with E-state index in [2.05, 4.69) is 16.3 Å². The van der Waals surface area contributed by atoms with E-state index in [9.17, 15) is 4.79 Å². The van der Waals surface area contributed by atoms with Crippen molar-refractivity contribution in [1.82, 2.24) is 15.1 Å². The van der Waals surface area contributed by atoms with E-state index in [1.807, 2.05) is 12.1 Å². The van der Waals surface area contributed by atoms with E-state index < -0.39 is 0 Å². The van der Waals surface area contributed by atoms with Crippen molar-refractivity contribution in [1.29, 1.82) is 0 Å². The third-order valence-electron chi connectivity index (χ3n) is 2.74. The molecule has 5 nitrogen and oxygen atoms in total. The Morgan fingerprint density at radius 1 is 1.45 bits per heavy atom. The van der Waals surface area contributed by atoms with Crippen LogP contribution in [0.5, 0.6) is 0 Å². The van der Waals surface area contributed by atoms with Crippen LogP contribution in [0, 0.1) is 12.3 Å². The van der Waals surface area contributed by atoms with E-state index in [-0.39, 0.29) is 5.91 Å². The maximum absolute atomic E-state index is 11.9. The van der Waals surface area contributed by atoms with Crippen molar-refractivity contribution >= 4 is 11.6 Å². The lowest BCUT2D eigenvalue weighted by Crippen LogP contribution is -2.24. The number of aromatic nitrogens is 2. The van der Waals surface area contributed by atoms with Crippen molar-refractivity contribution in [3.05, 3.63) is 42.2 Å². The van der Waals surface area contributed by atoms with Crippen LogP contribution in [0.1, 0.15) is 23.3 Å². The molecule has 0 spiro atoms. The maximum Gasteiger partial charge on any atom is 0.271 e. The number of nitrogen functional groups attached to an aromatic ring is 1. The van der Waals surface area contributed by atoms with E-state index in [1.165, 1.54) is 0 Å². The molecular formula is C15H16N4O. The molecule has 0 bridgehead atoms. The number of amides is 1. The molecule has 5 heteroatoms. The first-order valence-corrected chi connectivity index (χ1v) is 6.34. The van der Waals surface area contributed by atoms with Crippen LogP contribution in [0.25, 0.3) is 5.69 Å². The molecule has 0 aliphatic rings. The minimum atomic E-state index is -0.204. The van der Waals surface area contributed by atoms with Crippen LogP contribution in [0.2, 0.25) is 0 Å². The summed E-state index contributed by atoms with van der Waals surface area (Å²) in [6, 6.07) is 8.97. The second-order valence-electron chi connectivity index (χ2n) is 4.30. The first-order chi connectivity index (χ1) is 9.70. The lowest BCUT2D eigenvalue weighted by molar-refractivity contribution is 0.0948. The van der Waals surface area contributed by atoms with Gasteiger partial charge in [0.25, 0.3) is 5.91 Å². The summed E-state index contributed by atoms with van der Waals surface area (Å²) in [5.41, 5.74) is 7.56. The number of nitrogens with two attached hydrogens (primary N) is 1. The normalized spacial score (nSPS) is 9.95. The molecule has 3 N–H and O–H groups in total. The number of anilines is 1. The van der Waals surface area contributed by atoms with Crippen molar-refractivity contribution in [2.75, 3.05) is 12.3 Å². The molecule has 0 fully saturated rings. The molecule has 0 saturated carbocycles. The number of nitrogens with one attached hydrogen (secondary N) is 1. The molecule has 2 rings (SSSR count). The van der Waals surface area contributed by atoms with Gasteiger partial charge in [-0.1, -0.05) is 6.07 Å². The first kappa shape index (κ1) is 13.7. The van der Waals surface area contributed by atoms with Gasteiger partial charge in [0.1, 0.15) is 0 Å². The zero-order valence-corrected chi connectivity index (χ0v) is 11.0. The monoisotopic (exact) mass is 268 g/mol. The van der Waals surface area contributed by atoms with E-state index in [1.54, 1.807) is 29.1 Å². The number of carbonyl (C=O) groups excluding carboxylic acids is 1. The minimum absolute atomic E-state index is 0.204. The lowest BCUT2D eigenvalue weighted by Gasteiger charge is -2.03. The second kappa shape index (κ2) is 6.43. The minimum Gasteiger partial charge on any atom is -0.399 e. The van der Waals surface area contributed by atoms with Crippen LogP contribution >= 0.6 is 0 Å². The van der Waals surface area contributed by atoms with Gasteiger partial charge in [-0.05, 0) is 30.7 Å². The highest BCUT2D eigenvalue weighted by Gasteiger charge is 2.09. The van der Waals surface area contributed by atoms with Crippen LogP contribution in [-0.4, -0.2) is 22.2 Å². The number of benzene rings is 1. The molecule has 1 aromatic carbocycles. The summed E-state index contributed by atoms with van der Waals surface area (Å²) in [5.74, 6) is 2.33. The van der Waals surface area contributed by atoms with Crippen LogP contribution in [-0.2, 0) is 0 Å². The zero-order chi connectivity index (χ0) is 14.4. The Bertz CT molecular complexity index is 639. The van der Waals surface area contributed by atoms with Gasteiger partial charge in [0.15, 0.2) is 5.69 Å². The number of nitrogens with zero attached hydrogens (tertiary/aromatic N) is 2. The summed E-state index contributed by atoms with van der Waals surface area (Å²) in [6.45, 7) is 0.550.